The van der Waals surface area contributed by atoms with Crippen LogP contribution in [0.25, 0.3) is 10.8 Å². The maximum Gasteiger partial charge on any atom is 0.254 e. The van der Waals surface area contributed by atoms with E-state index in [2.05, 4.69) is 12.6 Å². The minimum atomic E-state index is -0.481. The van der Waals surface area contributed by atoms with Crippen LogP contribution in [0.1, 0.15) is 22.3 Å². The van der Waals surface area contributed by atoms with Crippen LogP contribution in [0.4, 0.5) is 0 Å². The normalized spacial score (nSPS) is 18.8. The molecule has 0 N–H and O–H groups in total. The van der Waals surface area contributed by atoms with Gasteiger partial charge in [-0.05, 0) is 34.9 Å². The van der Waals surface area contributed by atoms with Crippen molar-refractivity contribution in [1.29, 1.82) is 0 Å². The van der Waals surface area contributed by atoms with Crippen molar-refractivity contribution in [3.05, 3.63) is 83.9 Å². The van der Waals surface area contributed by atoms with Gasteiger partial charge in [0.05, 0.1) is 0 Å². The fourth-order valence-electron chi connectivity index (χ4n) is 3.95. The number of rotatable bonds is 4. The first-order valence-electron chi connectivity index (χ1n) is 9.79. The highest BCUT2D eigenvalue weighted by atomic mass is 32.1. The molecule has 0 aliphatic carbocycles. The lowest BCUT2D eigenvalue weighted by Gasteiger charge is -2.28. The lowest BCUT2D eigenvalue weighted by Crippen LogP contribution is -2.46. The first kappa shape index (κ1) is 19.5. The lowest BCUT2D eigenvalue weighted by molar-refractivity contribution is -0.134. The zero-order valence-electron chi connectivity index (χ0n) is 16.4. The minimum absolute atomic E-state index is 0.00141. The highest BCUT2D eigenvalue weighted by Crippen LogP contribution is 2.27. The van der Waals surface area contributed by atoms with Crippen LogP contribution in [-0.2, 0) is 11.3 Å². The van der Waals surface area contributed by atoms with Crippen LogP contribution >= 0.6 is 12.6 Å². The second kappa shape index (κ2) is 8.29. The number of thiol groups is 1. The monoisotopic (exact) mass is 404 g/mol. The van der Waals surface area contributed by atoms with E-state index in [0.29, 0.717) is 25.1 Å². The topological polar surface area (TPSA) is 40.6 Å². The van der Waals surface area contributed by atoms with Gasteiger partial charge in [-0.3, -0.25) is 9.59 Å². The lowest BCUT2D eigenvalue weighted by atomic mass is 10.1. The molecule has 0 saturated carbocycles. The van der Waals surface area contributed by atoms with E-state index in [1.54, 1.807) is 16.8 Å². The Morgan fingerprint density at radius 1 is 1.00 bits per heavy atom. The number of hydrogen-bond donors (Lipinski definition) is 1. The van der Waals surface area contributed by atoms with Crippen LogP contribution in [0.3, 0.4) is 0 Å². The van der Waals surface area contributed by atoms with E-state index in [0.717, 1.165) is 16.3 Å². The fourth-order valence-corrected chi connectivity index (χ4v) is 4.33. The smallest absolute Gasteiger partial charge is 0.254 e. The van der Waals surface area contributed by atoms with Gasteiger partial charge in [0.2, 0.25) is 5.91 Å². The number of fused-ring (bicyclic) bond motifs is 1. The Morgan fingerprint density at radius 2 is 1.69 bits per heavy atom. The average molecular weight is 405 g/mol. The minimum Gasteiger partial charge on any atom is -0.340 e. The molecular weight excluding hydrogens is 380 g/mol. The molecule has 0 aromatic heterocycles. The summed E-state index contributed by atoms with van der Waals surface area (Å²) in [4.78, 5) is 29.8. The predicted octanol–water partition coefficient (Wildman–Crippen LogP) is 4.01. The van der Waals surface area contributed by atoms with Gasteiger partial charge in [0.15, 0.2) is 0 Å². The SMILES string of the molecule is CN(Cc1ccccc1)C(=O)[C@@H]1C[C@@H](S)CN1C(=O)c1ccc2ccccc2c1. The summed E-state index contributed by atoms with van der Waals surface area (Å²) in [6.07, 6.45) is 0.570. The molecule has 0 radical (unpaired) electrons. The molecule has 148 valence electrons. The van der Waals surface area contributed by atoms with Crippen molar-refractivity contribution in [3.63, 3.8) is 0 Å². The van der Waals surface area contributed by atoms with Gasteiger partial charge in [0.25, 0.3) is 5.91 Å². The molecule has 1 fully saturated rings. The molecule has 1 heterocycles. The Morgan fingerprint density at radius 3 is 2.45 bits per heavy atom. The van der Waals surface area contributed by atoms with Gasteiger partial charge < -0.3 is 9.80 Å². The van der Waals surface area contributed by atoms with Crippen LogP contribution in [-0.4, -0.2) is 46.5 Å². The molecule has 0 spiro atoms. The molecule has 2 amide bonds. The quantitative estimate of drug-likeness (QED) is 0.668. The number of carbonyl (C=O) groups excluding carboxylic acids is 2. The maximum atomic E-state index is 13.3. The molecule has 4 rings (SSSR count). The average Bonchev–Trinajstić information content (AvgIpc) is 3.14. The summed E-state index contributed by atoms with van der Waals surface area (Å²) < 4.78 is 0. The zero-order valence-corrected chi connectivity index (χ0v) is 17.3. The molecule has 29 heavy (non-hydrogen) atoms. The van der Waals surface area contributed by atoms with Gasteiger partial charge >= 0.3 is 0 Å². The second-order valence-corrected chi connectivity index (χ2v) is 8.33. The van der Waals surface area contributed by atoms with Crippen LogP contribution in [0.2, 0.25) is 0 Å². The van der Waals surface area contributed by atoms with Gasteiger partial charge in [-0.25, -0.2) is 0 Å². The Hall–Kier alpha value is -2.79. The van der Waals surface area contributed by atoms with Gasteiger partial charge in [-0.15, -0.1) is 0 Å². The molecule has 5 heteroatoms. The largest absolute Gasteiger partial charge is 0.340 e. The standard InChI is InChI=1S/C24H24N2O2S/c1-25(15-17-7-3-2-4-8-17)24(28)22-14-21(29)16-26(22)23(27)20-12-11-18-9-5-6-10-19(18)13-20/h2-13,21-22,29H,14-16H2,1H3/t21-,22+/m1/s1. The molecule has 4 nitrogen and oxygen atoms in total. The van der Waals surface area contributed by atoms with Crippen molar-refractivity contribution >= 4 is 35.2 Å². The highest BCUT2D eigenvalue weighted by molar-refractivity contribution is 7.81. The Bertz CT molecular complexity index is 1040. The van der Waals surface area contributed by atoms with Crippen molar-refractivity contribution in [3.8, 4) is 0 Å². The third-order valence-corrected chi connectivity index (χ3v) is 5.83. The van der Waals surface area contributed by atoms with Crippen molar-refractivity contribution in [2.45, 2.75) is 24.3 Å². The predicted molar refractivity (Wildman–Crippen MR) is 119 cm³/mol. The Balaban J connectivity index is 1.54. The summed E-state index contributed by atoms with van der Waals surface area (Å²) >= 11 is 4.57. The number of likely N-dealkylation sites (tertiary alicyclic amines) is 1. The van der Waals surface area contributed by atoms with Crippen LogP contribution in [0.15, 0.2) is 72.8 Å². The molecule has 1 aliphatic heterocycles. The molecule has 1 aliphatic rings. The van der Waals surface area contributed by atoms with Gasteiger partial charge in [0.1, 0.15) is 6.04 Å². The highest BCUT2D eigenvalue weighted by Gasteiger charge is 2.39. The molecular formula is C24H24N2O2S. The summed E-state index contributed by atoms with van der Waals surface area (Å²) in [7, 11) is 1.79. The number of amides is 2. The van der Waals surface area contributed by atoms with E-state index in [1.807, 2.05) is 72.8 Å². The van der Waals surface area contributed by atoms with Crippen molar-refractivity contribution < 1.29 is 9.59 Å². The maximum absolute atomic E-state index is 13.3. The van der Waals surface area contributed by atoms with Crippen LogP contribution in [0.5, 0.6) is 0 Å². The summed E-state index contributed by atoms with van der Waals surface area (Å²) in [5, 5.41) is 2.11. The van der Waals surface area contributed by atoms with E-state index in [1.165, 1.54) is 0 Å². The third-order valence-electron chi connectivity index (χ3n) is 5.46. The fraction of sp³-hybridized carbons (Fsp3) is 0.250. The number of carbonyl (C=O) groups is 2. The molecule has 1 saturated heterocycles. The van der Waals surface area contributed by atoms with E-state index in [9.17, 15) is 9.59 Å². The number of nitrogens with zero attached hydrogens (tertiary/aromatic N) is 2. The van der Waals surface area contributed by atoms with E-state index in [4.69, 9.17) is 0 Å². The summed E-state index contributed by atoms with van der Waals surface area (Å²) in [5.74, 6) is -0.154. The molecule has 3 aromatic carbocycles. The van der Waals surface area contributed by atoms with Gasteiger partial charge in [-0.2, -0.15) is 12.6 Å². The number of benzene rings is 3. The number of hydrogen-bond acceptors (Lipinski definition) is 3. The summed E-state index contributed by atoms with van der Waals surface area (Å²) in [6, 6.07) is 23.0. The molecule has 0 bridgehead atoms. The Labute approximate surface area is 176 Å². The van der Waals surface area contributed by atoms with E-state index >= 15 is 0 Å². The number of likely N-dealkylation sites (N-methyl/N-ethyl adjacent to an activating group) is 1. The van der Waals surface area contributed by atoms with E-state index in [-0.39, 0.29) is 17.1 Å². The summed E-state index contributed by atoms with van der Waals surface area (Å²) in [5.41, 5.74) is 1.67. The van der Waals surface area contributed by atoms with Crippen molar-refractivity contribution in [1.82, 2.24) is 9.80 Å². The van der Waals surface area contributed by atoms with E-state index < -0.39 is 6.04 Å². The van der Waals surface area contributed by atoms with Crippen molar-refractivity contribution in [2.75, 3.05) is 13.6 Å². The second-order valence-electron chi connectivity index (χ2n) is 7.60. The van der Waals surface area contributed by atoms with Gasteiger partial charge in [-0.1, -0.05) is 60.7 Å². The first-order valence-corrected chi connectivity index (χ1v) is 10.3. The third kappa shape index (κ3) is 4.15. The first-order chi connectivity index (χ1) is 14.0. The Kier molecular flexibility index (Phi) is 5.58. The molecule has 3 aromatic rings. The zero-order chi connectivity index (χ0) is 20.4. The van der Waals surface area contributed by atoms with Gasteiger partial charge in [0, 0.05) is 31.0 Å². The van der Waals surface area contributed by atoms with Crippen molar-refractivity contribution in [2.24, 2.45) is 0 Å². The molecule has 2 atom stereocenters. The van der Waals surface area contributed by atoms with Crippen LogP contribution in [0, 0.1) is 0 Å². The molecule has 0 unspecified atom stereocenters. The summed E-state index contributed by atoms with van der Waals surface area (Å²) in [6.45, 7) is 0.996. The van der Waals surface area contributed by atoms with Crippen LogP contribution < -0.4 is 0 Å².